The van der Waals surface area contributed by atoms with E-state index in [4.69, 9.17) is 4.74 Å². The summed E-state index contributed by atoms with van der Waals surface area (Å²) in [5.41, 5.74) is 3.02. The lowest BCUT2D eigenvalue weighted by Gasteiger charge is -2.39. The number of ether oxygens (including phenoxy) is 1. The van der Waals surface area contributed by atoms with Crippen molar-refractivity contribution < 1.29 is 22.7 Å². The Kier molecular flexibility index (Phi) is 8.21. The van der Waals surface area contributed by atoms with E-state index in [2.05, 4.69) is 9.89 Å². The maximum Gasteiger partial charge on any atom is 0.274 e. The molecule has 10 heteroatoms. The fraction of sp³-hybridized carbons (Fsp3) is 0.433. The van der Waals surface area contributed by atoms with Crippen LogP contribution < -0.4 is 4.31 Å². The first-order valence-electron chi connectivity index (χ1n) is 13.6. The Labute approximate surface area is 236 Å². The van der Waals surface area contributed by atoms with E-state index in [0.29, 0.717) is 51.2 Å². The van der Waals surface area contributed by atoms with E-state index in [0.717, 1.165) is 29.8 Å². The monoisotopic (exact) mass is 564 g/mol. The molecule has 1 fully saturated rings. The zero-order valence-electron chi connectivity index (χ0n) is 23.1. The van der Waals surface area contributed by atoms with Crippen molar-refractivity contribution in [3.63, 3.8) is 0 Å². The third-order valence-electron chi connectivity index (χ3n) is 8.05. The maximum absolute atomic E-state index is 13.7. The molecule has 0 radical (unpaired) electrons. The highest BCUT2D eigenvalue weighted by Crippen LogP contribution is 2.47. The summed E-state index contributed by atoms with van der Waals surface area (Å²) >= 11 is 0. The molecule has 0 aliphatic carbocycles. The number of para-hydroxylation sites is 1. The molecule has 3 aliphatic heterocycles. The Morgan fingerprint density at radius 3 is 2.40 bits per heavy atom. The lowest BCUT2D eigenvalue weighted by molar-refractivity contribution is -0.126. The van der Waals surface area contributed by atoms with Gasteiger partial charge in [0.25, 0.3) is 11.8 Å². The first kappa shape index (κ1) is 28.2. The van der Waals surface area contributed by atoms with Crippen LogP contribution in [0.3, 0.4) is 0 Å². The molecule has 1 saturated heterocycles. The Balaban J connectivity index is 1.32. The molecule has 2 aromatic rings. The number of likely N-dealkylation sites (tertiary alicyclic amines) is 1. The zero-order chi connectivity index (χ0) is 28.3. The van der Waals surface area contributed by atoms with Gasteiger partial charge in [-0.15, -0.1) is 0 Å². The molecular formula is C30H36N4O5S. The predicted octanol–water partition coefficient (Wildman–Crippen LogP) is 2.77. The van der Waals surface area contributed by atoms with Gasteiger partial charge in [-0.1, -0.05) is 54.6 Å². The molecule has 9 nitrogen and oxygen atoms in total. The molecule has 0 bridgehead atoms. The molecule has 0 unspecified atom stereocenters. The predicted molar refractivity (Wildman–Crippen MR) is 155 cm³/mol. The molecule has 3 heterocycles. The molecule has 1 spiro atoms. The van der Waals surface area contributed by atoms with Crippen LogP contribution in [0.2, 0.25) is 0 Å². The van der Waals surface area contributed by atoms with Crippen LogP contribution in [0.15, 0.2) is 71.2 Å². The topological polar surface area (TPSA) is 99.6 Å². The minimum absolute atomic E-state index is 0.0745. The second-order valence-corrected chi connectivity index (χ2v) is 12.9. The zero-order valence-corrected chi connectivity index (χ0v) is 23.9. The van der Waals surface area contributed by atoms with Gasteiger partial charge in [0.05, 0.1) is 25.2 Å². The molecule has 0 N–H and O–H groups in total. The molecule has 212 valence electrons. The SMILES string of the molecule is CN1CCC=C(C(=O)N=C(COCc2ccccc2)C(=O)N2CCC3(CC2)CN(S(C)(=O)=O)c2ccccc23)C1. The Hall–Kier alpha value is -3.34. The number of hydrogen-bond acceptors (Lipinski definition) is 6. The molecule has 2 aromatic carbocycles. The summed E-state index contributed by atoms with van der Waals surface area (Å²) in [5.74, 6) is -0.715. The summed E-state index contributed by atoms with van der Waals surface area (Å²) < 4.78 is 32.4. The number of anilines is 1. The van der Waals surface area contributed by atoms with Crippen molar-refractivity contribution in [3.8, 4) is 0 Å². The summed E-state index contributed by atoms with van der Waals surface area (Å²) in [4.78, 5) is 34.9. The first-order chi connectivity index (χ1) is 19.2. The van der Waals surface area contributed by atoms with E-state index in [1.807, 2.05) is 67.7 Å². The van der Waals surface area contributed by atoms with Crippen molar-refractivity contribution in [2.45, 2.75) is 31.3 Å². The fourth-order valence-corrected chi connectivity index (χ4v) is 6.85. The van der Waals surface area contributed by atoms with Crippen molar-refractivity contribution >= 4 is 33.2 Å². The van der Waals surface area contributed by atoms with Crippen LogP contribution >= 0.6 is 0 Å². The van der Waals surface area contributed by atoms with Crippen molar-refractivity contribution in [1.29, 1.82) is 0 Å². The van der Waals surface area contributed by atoms with Gasteiger partial charge < -0.3 is 14.5 Å². The van der Waals surface area contributed by atoms with E-state index in [9.17, 15) is 18.0 Å². The quantitative estimate of drug-likeness (QED) is 0.480. The van der Waals surface area contributed by atoms with Crippen LogP contribution in [-0.2, 0) is 36.4 Å². The number of aliphatic imine (C=N–C) groups is 1. The van der Waals surface area contributed by atoms with Gasteiger partial charge in [0, 0.05) is 43.7 Å². The minimum Gasteiger partial charge on any atom is -0.370 e. The average molecular weight is 565 g/mol. The smallest absolute Gasteiger partial charge is 0.274 e. The molecule has 2 amide bonds. The standard InChI is InChI=1S/C30H36N4O5S/c1-32-16-8-11-24(19-32)28(35)31-26(21-39-20-23-9-4-3-5-10-23)29(36)33-17-14-30(15-18-33)22-34(40(2,37)38)27-13-7-6-12-25(27)30/h3-7,9-13H,8,14-22H2,1-2H3. The number of fused-ring (bicyclic) bond motifs is 2. The van der Waals surface area contributed by atoms with Gasteiger partial charge in [-0.2, -0.15) is 0 Å². The lowest BCUT2D eigenvalue weighted by Crippen LogP contribution is -2.50. The largest absolute Gasteiger partial charge is 0.370 e. The molecule has 40 heavy (non-hydrogen) atoms. The number of carbonyl (C=O) groups excluding carboxylic acids is 2. The van der Waals surface area contributed by atoms with Gasteiger partial charge in [0.15, 0.2) is 0 Å². The van der Waals surface area contributed by atoms with Crippen LogP contribution in [0.4, 0.5) is 5.69 Å². The van der Waals surface area contributed by atoms with Gasteiger partial charge in [-0.3, -0.25) is 13.9 Å². The first-order valence-corrected chi connectivity index (χ1v) is 15.5. The van der Waals surface area contributed by atoms with Crippen molar-refractivity contribution in [2.24, 2.45) is 4.99 Å². The number of amides is 2. The summed E-state index contributed by atoms with van der Waals surface area (Å²) in [7, 11) is -1.47. The van der Waals surface area contributed by atoms with Gasteiger partial charge in [-0.05, 0) is 43.5 Å². The molecule has 0 atom stereocenters. The number of benzene rings is 2. The molecule has 0 aromatic heterocycles. The van der Waals surface area contributed by atoms with Crippen LogP contribution in [0, 0.1) is 0 Å². The minimum atomic E-state index is -3.43. The number of nitrogens with zero attached hydrogens (tertiary/aromatic N) is 4. The fourth-order valence-electron chi connectivity index (χ4n) is 5.85. The van der Waals surface area contributed by atoms with E-state index in [1.54, 1.807) is 4.90 Å². The third kappa shape index (κ3) is 6.04. The van der Waals surface area contributed by atoms with E-state index < -0.39 is 15.9 Å². The highest BCUT2D eigenvalue weighted by Gasteiger charge is 2.47. The van der Waals surface area contributed by atoms with E-state index in [1.165, 1.54) is 10.6 Å². The Morgan fingerprint density at radius 1 is 1.00 bits per heavy atom. The Morgan fingerprint density at radius 2 is 1.70 bits per heavy atom. The molecule has 5 rings (SSSR count). The number of piperidine rings is 1. The van der Waals surface area contributed by atoms with Gasteiger partial charge in [0.2, 0.25) is 10.0 Å². The number of rotatable bonds is 7. The summed E-state index contributed by atoms with van der Waals surface area (Å²) in [6.07, 6.45) is 5.12. The van der Waals surface area contributed by atoms with Gasteiger partial charge in [-0.25, -0.2) is 13.4 Å². The summed E-state index contributed by atoms with van der Waals surface area (Å²) in [6.45, 7) is 2.83. The number of sulfonamides is 1. The highest BCUT2D eigenvalue weighted by atomic mass is 32.2. The summed E-state index contributed by atoms with van der Waals surface area (Å²) in [5, 5.41) is 0. The number of hydrogen-bond donors (Lipinski definition) is 0. The van der Waals surface area contributed by atoms with E-state index in [-0.39, 0.29) is 23.6 Å². The summed E-state index contributed by atoms with van der Waals surface area (Å²) in [6, 6.07) is 17.3. The normalized spacial score (nSPS) is 19.4. The highest BCUT2D eigenvalue weighted by molar-refractivity contribution is 7.92. The lowest BCUT2D eigenvalue weighted by atomic mass is 9.74. The van der Waals surface area contributed by atoms with Crippen LogP contribution in [0.25, 0.3) is 0 Å². The van der Waals surface area contributed by atoms with Gasteiger partial charge in [0.1, 0.15) is 5.71 Å². The van der Waals surface area contributed by atoms with Gasteiger partial charge >= 0.3 is 0 Å². The van der Waals surface area contributed by atoms with Crippen LogP contribution in [0.5, 0.6) is 0 Å². The molecule has 3 aliphatic rings. The van der Waals surface area contributed by atoms with Crippen LogP contribution in [-0.4, -0.2) is 88.4 Å². The van der Waals surface area contributed by atoms with Crippen LogP contribution in [0.1, 0.15) is 30.4 Å². The third-order valence-corrected chi connectivity index (χ3v) is 9.18. The molecule has 0 saturated carbocycles. The second kappa shape index (κ2) is 11.6. The van der Waals surface area contributed by atoms with Crippen molar-refractivity contribution in [1.82, 2.24) is 9.80 Å². The maximum atomic E-state index is 13.7. The molecular weight excluding hydrogens is 528 g/mol. The van der Waals surface area contributed by atoms with Crippen molar-refractivity contribution in [3.05, 3.63) is 77.4 Å². The Bertz CT molecular complexity index is 1430. The second-order valence-electron chi connectivity index (χ2n) is 11.0. The van der Waals surface area contributed by atoms with Crippen molar-refractivity contribution in [2.75, 3.05) is 56.9 Å². The van der Waals surface area contributed by atoms with E-state index >= 15 is 0 Å². The number of carbonyl (C=O) groups is 2. The average Bonchev–Trinajstić information content (AvgIpc) is 3.27. The number of likely N-dealkylation sites (N-methyl/N-ethyl adjacent to an activating group) is 1.